The van der Waals surface area contributed by atoms with Crippen LogP contribution < -0.4 is 15.5 Å². The number of guanidine groups is 1. The summed E-state index contributed by atoms with van der Waals surface area (Å²) in [7, 11) is 0. The molecule has 3 heterocycles. The van der Waals surface area contributed by atoms with E-state index in [2.05, 4.69) is 65.6 Å². The van der Waals surface area contributed by atoms with Gasteiger partial charge in [-0.2, -0.15) is 0 Å². The number of halogens is 1. The fourth-order valence-electron chi connectivity index (χ4n) is 3.35. The van der Waals surface area contributed by atoms with Crippen LogP contribution in [0.1, 0.15) is 42.0 Å². The van der Waals surface area contributed by atoms with E-state index in [1.807, 2.05) is 17.5 Å². The molecule has 1 unspecified atom stereocenters. The molecule has 28 heavy (non-hydrogen) atoms. The van der Waals surface area contributed by atoms with Crippen molar-refractivity contribution in [1.29, 1.82) is 0 Å². The molecule has 5 nitrogen and oxygen atoms in total. The van der Waals surface area contributed by atoms with Crippen LogP contribution >= 0.6 is 35.3 Å². The first-order valence-electron chi connectivity index (χ1n) is 9.94. The number of thiophene rings is 1. The van der Waals surface area contributed by atoms with Crippen LogP contribution in [0.25, 0.3) is 0 Å². The molecule has 0 aliphatic carbocycles. The number of aryl methyl sites for hydroxylation is 1. The van der Waals surface area contributed by atoms with Crippen LogP contribution in [-0.2, 0) is 13.0 Å². The number of aliphatic imine (C=N–C) groups is 1. The van der Waals surface area contributed by atoms with Gasteiger partial charge in [0.05, 0.1) is 6.54 Å². The summed E-state index contributed by atoms with van der Waals surface area (Å²) in [5.74, 6) is 1.96. The minimum atomic E-state index is 0. The van der Waals surface area contributed by atoms with Crippen molar-refractivity contribution >= 4 is 47.1 Å². The molecular weight excluding hydrogens is 481 g/mol. The van der Waals surface area contributed by atoms with Gasteiger partial charge in [0.15, 0.2) is 5.96 Å². The SMILES string of the molecule is CCNC(=NCc1ccnc(N2CCCC2)c1)NC(C)Cc1ccc(C)s1.I. The number of pyridine rings is 1. The molecule has 2 aromatic rings. The molecule has 1 atom stereocenters. The van der Waals surface area contributed by atoms with Crippen molar-refractivity contribution in [3.63, 3.8) is 0 Å². The summed E-state index contributed by atoms with van der Waals surface area (Å²) in [4.78, 5) is 14.5. The zero-order chi connectivity index (χ0) is 19.1. The van der Waals surface area contributed by atoms with E-state index in [1.54, 1.807) is 0 Å². The molecular formula is C21H32IN5S. The van der Waals surface area contributed by atoms with Crippen molar-refractivity contribution in [1.82, 2.24) is 15.6 Å². The smallest absolute Gasteiger partial charge is 0.191 e. The molecule has 0 bridgehead atoms. The number of nitrogens with one attached hydrogen (secondary N) is 2. The van der Waals surface area contributed by atoms with E-state index in [4.69, 9.17) is 4.99 Å². The lowest BCUT2D eigenvalue weighted by Crippen LogP contribution is -2.43. The van der Waals surface area contributed by atoms with Crippen LogP contribution in [0.15, 0.2) is 35.5 Å². The molecule has 0 radical (unpaired) electrons. The Bertz CT molecular complexity index is 755. The maximum Gasteiger partial charge on any atom is 0.191 e. The second-order valence-electron chi connectivity index (χ2n) is 7.17. The lowest BCUT2D eigenvalue weighted by molar-refractivity contribution is 0.645. The Morgan fingerprint density at radius 3 is 2.75 bits per heavy atom. The molecule has 1 saturated heterocycles. The molecule has 1 fully saturated rings. The van der Waals surface area contributed by atoms with Crippen molar-refractivity contribution in [2.24, 2.45) is 4.99 Å². The number of nitrogens with zero attached hydrogens (tertiary/aromatic N) is 3. The van der Waals surface area contributed by atoms with Crippen LogP contribution in [0, 0.1) is 6.92 Å². The lowest BCUT2D eigenvalue weighted by Gasteiger charge is -2.18. The molecule has 2 N–H and O–H groups in total. The number of hydrogen-bond acceptors (Lipinski definition) is 4. The third-order valence-corrected chi connectivity index (χ3v) is 5.71. The van der Waals surface area contributed by atoms with Gasteiger partial charge in [0.2, 0.25) is 0 Å². The van der Waals surface area contributed by atoms with Gasteiger partial charge in [0.1, 0.15) is 5.82 Å². The Labute approximate surface area is 190 Å². The van der Waals surface area contributed by atoms with Crippen LogP contribution in [0.5, 0.6) is 0 Å². The van der Waals surface area contributed by atoms with E-state index in [0.717, 1.165) is 37.8 Å². The van der Waals surface area contributed by atoms with Crippen molar-refractivity contribution in [3.8, 4) is 0 Å². The lowest BCUT2D eigenvalue weighted by atomic mass is 10.2. The minimum Gasteiger partial charge on any atom is -0.357 e. The van der Waals surface area contributed by atoms with Crippen molar-refractivity contribution in [3.05, 3.63) is 45.8 Å². The predicted molar refractivity (Wildman–Crippen MR) is 131 cm³/mol. The second-order valence-corrected chi connectivity index (χ2v) is 8.55. The van der Waals surface area contributed by atoms with E-state index < -0.39 is 0 Å². The van der Waals surface area contributed by atoms with Crippen molar-refractivity contribution < 1.29 is 0 Å². The molecule has 154 valence electrons. The summed E-state index contributed by atoms with van der Waals surface area (Å²) in [6.07, 6.45) is 5.44. The summed E-state index contributed by atoms with van der Waals surface area (Å²) >= 11 is 1.87. The molecule has 0 aromatic carbocycles. The van der Waals surface area contributed by atoms with Gasteiger partial charge in [-0.05, 0) is 63.4 Å². The van der Waals surface area contributed by atoms with Gasteiger partial charge in [0, 0.05) is 48.0 Å². The quantitative estimate of drug-likeness (QED) is 0.328. The Hall–Kier alpha value is -1.35. The monoisotopic (exact) mass is 513 g/mol. The average Bonchev–Trinajstić information content (AvgIpc) is 3.32. The molecule has 1 aliphatic heterocycles. The molecule has 7 heteroatoms. The van der Waals surface area contributed by atoms with Gasteiger partial charge in [-0.3, -0.25) is 0 Å². The Morgan fingerprint density at radius 2 is 2.07 bits per heavy atom. The van der Waals surface area contributed by atoms with Gasteiger partial charge < -0.3 is 15.5 Å². The van der Waals surface area contributed by atoms with Gasteiger partial charge in [0.25, 0.3) is 0 Å². The Kier molecular flexibility index (Phi) is 9.50. The number of aromatic nitrogens is 1. The van der Waals surface area contributed by atoms with Gasteiger partial charge in [-0.15, -0.1) is 35.3 Å². The van der Waals surface area contributed by atoms with Crippen molar-refractivity contribution in [2.45, 2.75) is 52.6 Å². The van der Waals surface area contributed by atoms with Crippen LogP contribution in [0.2, 0.25) is 0 Å². The van der Waals surface area contributed by atoms with E-state index in [9.17, 15) is 0 Å². The summed E-state index contributed by atoms with van der Waals surface area (Å²) in [6.45, 7) is 10.2. The molecule has 0 spiro atoms. The summed E-state index contributed by atoms with van der Waals surface area (Å²) in [5.41, 5.74) is 1.20. The maximum absolute atomic E-state index is 4.79. The third kappa shape index (κ3) is 6.92. The minimum absolute atomic E-state index is 0. The molecule has 0 amide bonds. The maximum atomic E-state index is 4.79. The topological polar surface area (TPSA) is 52.6 Å². The first-order valence-corrected chi connectivity index (χ1v) is 10.8. The Morgan fingerprint density at radius 1 is 1.29 bits per heavy atom. The third-order valence-electron chi connectivity index (χ3n) is 4.69. The molecule has 1 aliphatic rings. The van der Waals surface area contributed by atoms with E-state index >= 15 is 0 Å². The van der Waals surface area contributed by atoms with Crippen LogP contribution in [-0.4, -0.2) is 36.6 Å². The van der Waals surface area contributed by atoms with Crippen LogP contribution in [0.3, 0.4) is 0 Å². The molecule has 2 aromatic heterocycles. The van der Waals surface area contributed by atoms with Crippen molar-refractivity contribution in [2.75, 3.05) is 24.5 Å². The van der Waals surface area contributed by atoms with E-state index in [-0.39, 0.29) is 24.0 Å². The largest absolute Gasteiger partial charge is 0.357 e. The standard InChI is InChI=1S/C21H31N5S.HI/c1-4-22-21(25-16(2)13-19-8-7-17(3)27-19)24-15-18-9-10-23-20(14-18)26-11-5-6-12-26;/h7-10,14,16H,4-6,11-13,15H2,1-3H3,(H2,22,24,25);1H. The number of hydrogen-bond donors (Lipinski definition) is 2. The normalized spacial score (nSPS) is 15.2. The zero-order valence-corrected chi connectivity index (χ0v) is 20.2. The first kappa shape index (κ1) is 22.9. The highest BCUT2D eigenvalue weighted by Gasteiger charge is 2.13. The van der Waals surface area contributed by atoms with E-state index in [1.165, 1.54) is 28.2 Å². The average molecular weight is 513 g/mol. The highest BCUT2D eigenvalue weighted by atomic mass is 127. The fraction of sp³-hybridized carbons (Fsp3) is 0.524. The second kappa shape index (κ2) is 11.6. The number of anilines is 1. The Balaban J connectivity index is 0.00000280. The predicted octanol–water partition coefficient (Wildman–Crippen LogP) is 4.36. The van der Waals surface area contributed by atoms with Gasteiger partial charge in [-0.25, -0.2) is 9.98 Å². The molecule has 3 rings (SSSR count). The first-order chi connectivity index (χ1) is 13.1. The summed E-state index contributed by atoms with van der Waals surface area (Å²) in [5, 5.41) is 6.90. The van der Waals surface area contributed by atoms with Gasteiger partial charge in [-0.1, -0.05) is 0 Å². The highest BCUT2D eigenvalue weighted by molar-refractivity contribution is 14.0. The fourth-order valence-corrected chi connectivity index (χ4v) is 4.37. The highest BCUT2D eigenvalue weighted by Crippen LogP contribution is 2.19. The van der Waals surface area contributed by atoms with Gasteiger partial charge >= 0.3 is 0 Å². The summed E-state index contributed by atoms with van der Waals surface area (Å²) in [6, 6.07) is 8.98. The zero-order valence-electron chi connectivity index (χ0n) is 17.1. The summed E-state index contributed by atoms with van der Waals surface area (Å²) < 4.78 is 0. The number of rotatable bonds is 7. The van der Waals surface area contributed by atoms with Crippen LogP contribution in [0.4, 0.5) is 5.82 Å². The molecule has 0 saturated carbocycles. The van der Waals surface area contributed by atoms with E-state index in [0.29, 0.717) is 12.6 Å².